The van der Waals surface area contributed by atoms with Crippen LogP contribution in [0.25, 0.3) is 0 Å². The van der Waals surface area contributed by atoms with Crippen LogP contribution in [0.5, 0.6) is 5.75 Å². The summed E-state index contributed by atoms with van der Waals surface area (Å²) in [5.74, 6) is 1.63. The molecule has 3 rings (SSSR count). The quantitative estimate of drug-likeness (QED) is 0.928. The third-order valence-electron chi connectivity index (χ3n) is 3.80. The number of fused-ring (bicyclic) bond motifs is 1. The minimum Gasteiger partial charge on any atom is -0.491 e. The van der Waals surface area contributed by atoms with Crippen molar-refractivity contribution < 1.29 is 4.74 Å². The Morgan fingerprint density at radius 3 is 2.95 bits per heavy atom. The molecule has 1 N–H and O–H groups in total. The van der Waals surface area contributed by atoms with Crippen molar-refractivity contribution in [2.24, 2.45) is 0 Å². The second kappa shape index (κ2) is 5.45. The van der Waals surface area contributed by atoms with Crippen LogP contribution < -0.4 is 10.1 Å². The van der Waals surface area contributed by atoms with Gasteiger partial charge in [-0.15, -0.1) is 0 Å². The first-order valence-corrected chi connectivity index (χ1v) is 6.85. The molecule has 1 unspecified atom stereocenters. The molecule has 5 heteroatoms. The average molecular weight is 270 g/mol. The molecule has 2 heterocycles. The Kier molecular flexibility index (Phi) is 3.50. The van der Waals surface area contributed by atoms with Crippen LogP contribution in [0, 0.1) is 0 Å². The Labute approximate surface area is 118 Å². The van der Waals surface area contributed by atoms with Crippen molar-refractivity contribution in [1.82, 2.24) is 15.0 Å². The van der Waals surface area contributed by atoms with Crippen molar-refractivity contribution in [3.8, 4) is 5.75 Å². The highest BCUT2D eigenvalue weighted by Crippen LogP contribution is 2.39. The summed E-state index contributed by atoms with van der Waals surface area (Å²) in [6, 6.07) is 4.15. The number of hydrogen-bond donors (Lipinski definition) is 1. The van der Waals surface area contributed by atoms with Crippen molar-refractivity contribution in [2.45, 2.75) is 25.2 Å². The van der Waals surface area contributed by atoms with Gasteiger partial charge in [-0.3, -0.25) is 4.98 Å². The van der Waals surface area contributed by atoms with Gasteiger partial charge in [-0.25, -0.2) is 9.97 Å². The molecule has 0 aliphatic heterocycles. The maximum atomic E-state index is 5.52. The molecule has 0 saturated carbocycles. The number of ether oxygens (including phenoxy) is 1. The number of pyridine rings is 1. The molecule has 0 spiro atoms. The number of nitrogens with one attached hydrogen (secondary N) is 1. The number of aromatic nitrogens is 3. The van der Waals surface area contributed by atoms with Crippen LogP contribution in [-0.4, -0.2) is 29.1 Å². The largest absolute Gasteiger partial charge is 0.491 e. The molecular formula is C15H18N4O. The lowest BCUT2D eigenvalue weighted by atomic mass is 9.84. The van der Waals surface area contributed by atoms with E-state index < -0.39 is 0 Å². The molecule has 104 valence electrons. The smallest absolute Gasteiger partial charge is 0.183 e. The Morgan fingerprint density at radius 2 is 2.15 bits per heavy atom. The normalized spacial score (nSPS) is 17.4. The predicted molar refractivity (Wildman–Crippen MR) is 77.1 cm³/mol. The molecular weight excluding hydrogens is 252 g/mol. The van der Waals surface area contributed by atoms with E-state index in [0.29, 0.717) is 0 Å². The molecule has 1 atom stereocenters. The van der Waals surface area contributed by atoms with E-state index in [2.05, 4.69) is 26.3 Å². The van der Waals surface area contributed by atoms with Gasteiger partial charge in [-0.2, -0.15) is 0 Å². The van der Waals surface area contributed by atoms with Gasteiger partial charge in [-0.1, -0.05) is 6.07 Å². The maximum absolute atomic E-state index is 5.52. The van der Waals surface area contributed by atoms with Crippen LogP contribution in [0.15, 0.2) is 24.7 Å². The third-order valence-corrected chi connectivity index (χ3v) is 3.80. The van der Waals surface area contributed by atoms with E-state index in [9.17, 15) is 0 Å². The molecule has 1 aliphatic carbocycles. The lowest BCUT2D eigenvalue weighted by molar-refractivity contribution is 0.400. The summed E-state index contributed by atoms with van der Waals surface area (Å²) in [6.45, 7) is 0. The van der Waals surface area contributed by atoms with Crippen LogP contribution in [0.4, 0.5) is 5.82 Å². The minimum absolute atomic E-state index is 0.185. The second-order valence-corrected chi connectivity index (χ2v) is 4.88. The molecule has 0 fully saturated rings. The van der Waals surface area contributed by atoms with Gasteiger partial charge in [-0.05, 0) is 30.9 Å². The summed E-state index contributed by atoms with van der Waals surface area (Å²) < 4.78 is 5.52. The van der Waals surface area contributed by atoms with Crippen molar-refractivity contribution in [1.29, 1.82) is 0 Å². The van der Waals surface area contributed by atoms with E-state index >= 15 is 0 Å². The van der Waals surface area contributed by atoms with Crippen molar-refractivity contribution in [3.63, 3.8) is 0 Å². The van der Waals surface area contributed by atoms with Crippen LogP contribution in [-0.2, 0) is 6.42 Å². The maximum Gasteiger partial charge on any atom is 0.183 e. The molecule has 1 aliphatic rings. The molecule has 5 nitrogen and oxygen atoms in total. The fourth-order valence-electron chi connectivity index (χ4n) is 2.89. The van der Waals surface area contributed by atoms with Crippen LogP contribution in [0.3, 0.4) is 0 Å². The summed E-state index contributed by atoms with van der Waals surface area (Å²) in [4.78, 5) is 13.2. The SMILES string of the molecule is CNc1ncnc(C2CCCc3cccnc32)c1OC. The number of anilines is 1. The second-order valence-electron chi connectivity index (χ2n) is 4.88. The van der Waals surface area contributed by atoms with E-state index in [1.165, 1.54) is 5.56 Å². The van der Waals surface area contributed by atoms with E-state index in [1.807, 2.05) is 19.3 Å². The highest BCUT2D eigenvalue weighted by atomic mass is 16.5. The fourth-order valence-corrected chi connectivity index (χ4v) is 2.89. The zero-order valence-electron chi connectivity index (χ0n) is 11.8. The Balaban J connectivity index is 2.11. The van der Waals surface area contributed by atoms with Crippen LogP contribution in [0.2, 0.25) is 0 Å². The molecule has 20 heavy (non-hydrogen) atoms. The average Bonchev–Trinajstić information content (AvgIpc) is 2.53. The molecule has 0 saturated heterocycles. The number of rotatable bonds is 3. The topological polar surface area (TPSA) is 59.9 Å². The highest BCUT2D eigenvalue weighted by Gasteiger charge is 2.28. The van der Waals surface area contributed by atoms with E-state index in [4.69, 9.17) is 4.74 Å². The van der Waals surface area contributed by atoms with Gasteiger partial charge in [0.05, 0.1) is 18.5 Å². The molecule has 0 amide bonds. The summed E-state index contributed by atoms with van der Waals surface area (Å²) in [7, 11) is 3.49. The van der Waals surface area contributed by atoms with Gasteiger partial charge in [0.25, 0.3) is 0 Å². The van der Waals surface area contributed by atoms with Crippen molar-refractivity contribution >= 4 is 5.82 Å². The summed E-state index contributed by atoms with van der Waals surface area (Å²) in [5, 5.41) is 3.05. The third kappa shape index (κ3) is 2.09. The highest BCUT2D eigenvalue weighted by molar-refractivity contribution is 5.54. The summed E-state index contributed by atoms with van der Waals surface area (Å²) in [6.07, 6.45) is 6.71. The van der Waals surface area contributed by atoms with Crippen molar-refractivity contribution in [2.75, 3.05) is 19.5 Å². The summed E-state index contributed by atoms with van der Waals surface area (Å²) in [5.41, 5.74) is 3.36. The first-order chi connectivity index (χ1) is 9.85. The lowest BCUT2D eigenvalue weighted by Gasteiger charge is -2.25. The van der Waals surface area contributed by atoms with Crippen LogP contribution >= 0.6 is 0 Å². The van der Waals surface area contributed by atoms with E-state index in [0.717, 1.165) is 42.2 Å². The van der Waals surface area contributed by atoms with Gasteiger partial charge >= 0.3 is 0 Å². The predicted octanol–water partition coefficient (Wildman–Crippen LogP) is 2.39. The number of aryl methyl sites for hydroxylation is 1. The first-order valence-electron chi connectivity index (χ1n) is 6.85. The zero-order chi connectivity index (χ0) is 13.9. The Bertz CT molecular complexity index is 615. The van der Waals surface area contributed by atoms with Gasteiger partial charge < -0.3 is 10.1 Å². The van der Waals surface area contributed by atoms with Crippen LogP contribution in [0.1, 0.15) is 35.7 Å². The molecule has 0 bridgehead atoms. The van der Waals surface area contributed by atoms with Gasteiger partial charge in [0.2, 0.25) is 0 Å². The number of methoxy groups -OCH3 is 1. The van der Waals surface area contributed by atoms with Gasteiger partial charge in [0, 0.05) is 19.2 Å². The molecule has 2 aromatic heterocycles. The minimum atomic E-state index is 0.185. The fraction of sp³-hybridized carbons (Fsp3) is 0.400. The first kappa shape index (κ1) is 12.8. The van der Waals surface area contributed by atoms with Gasteiger partial charge in [0.1, 0.15) is 6.33 Å². The molecule has 0 aromatic carbocycles. The Hall–Kier alpha value is -2.17. The van der Waals surface area contributed by atoms with Gasteiger partial charge in [0.15, 0.2) is 11.6 Å². The summed E-state index contributed by atoms with van der Waals surface area (Å²) >= 11 is 0. The van der Waals surface area contributed by atoms with E-state index in [-0.39, 0.29) is 5.92 Å². The Morgan fingerprint density at radius 1 is 1.25 bits per heavy atom. The molecule has 2 aromatic rings. The van der Waals surface area contributed by atoms with Crippen molar-refractivity contribution in [3.05, 3.63) is 41.6 Å². The number of nitrogens with zero attached hydrogens (tertiary/aromatic N) is 3. The monoisotopic (exact) mass is 270 g/mol. The van der Waals surface area contributed by atoms with E-state index in [1.54, 1.807) is 13.4 Å². The lowest BCUT2D eigenvalue weighted by Crippen LogP contribution is -2.16. The molecule has 0 radical (unpaired) electrons. The standard InChI is InChI=1S/C15H18N4O/c1-16-15-14(20-2)13(18-9-19-15)11-7-3-5-10-6-4-8-17-12(10)11/h4,6,8-9,11H,3,5,7H2,1-2H3,(H,16,18,19). The number of hydrogen-bond acceptors (Lipinski definition) is 5. The zero-order valence-corrected chi connectivity index (χ0v) is 11.8.